The molecule has 1 aliphatic heterocycles. The fraction of sp³-hybridized carbons (Fsp3) is 0.429. The number of aryl methyl sites for hydroxylation is 2. The zero-order valence-electron chi connectivity index (χ0n) is 16.4. The van der Waals surface area contributed by atoms with Gasteiger partial charge in [0.2, 0.25) is 0 Å². The van der Waals surface area contributed by atoms with Crippen molar-refractivity contribution in [2.75, 3.05) is 6.54 Å². The number of halogens is 1. The van der Waals surface area contributed by atoms with E-state index in [2.05, 4.69) is 11.9 Å². The lowest BCUT2D eigenvalue weighted by Gasteiger charge is -2.34. The molecule has 2 heterocycles. The van der Waals surface area contributed by atoms with E-state index in [-0.39, 0.29) is 30.0 Å². The quantitative estimate of drug-likeness (QED) is 0.854. The average molecular weight is 389 g/mol. The summed E-state index contributed by atoms with van der Waals surface area (Å²) >= 11 is 6.54. The van der Waals surface area contributed by atoms with Crippen molar-refractivity contribution < 1.29 is 9.53 Å². The van der Waals surface area contributed by atoms with E-state index in [4.69, 9.17) is 16.3 Å². The summed E-state index contributed by atoms with van der Waals surface area (Å²) in [6, 6.07) is 5.67. The number of H-pyrrole nitrogens is 1. The van der Waals surface area contributed by atoms with E-state index < -0.39 is 0 Å². The second-order valence-corrected chi connectivity index (χ2v) is 7.92. The maximum atomic E-state index is 13.2. The maximum absolute atomic E-state index is 13.2. The molecule has 0 spiro atoms. The molecule has 6 heteroatoms. The van der Waals surface area contributed by atoms with Crippen molar-refractivity contribution in [1.29, 1.82) is 0 Å². The minimum Gasteiger partial charge on any atom is -0.489 e. The Morgan fingerprint density at radius 1 is 1.30 bits per heavy atom. The van der Waals surface area contributed by atoms with Crippen LogP contribution in [0.4, 0.5) is 0 Å². The largest absolute Gasteiger partial charge is 0.489 e. The smallest absolute Gasteiger partial charge is 0.256 e. The lowest BCUT2D eigenvalue weighted by Crippen LogP contribution is -2.40. The summed E-state index contributed by atoms with van der Waals surface area (Å²) in [5, 5.41) is 0.345. The number of amides is 1. The fourth-order valence-corrected chi connectivity index (χ4v) is 3.92. The Bertz CT molecular complexity index is 949. The van der Waals surface area contributed by atoms with Crippen molar-refractivity contribution in [2.24, 2.45) is 0 Å². The highest BCUT2D eigenvalue weighted by atomic mass is 35.5. The van der Waals surface area contributed by atoms with Crippen molar-refractivity contribution in [1.82, 2.24) is 9.88 Å². The summed E-state index contributed by atoms with van der Waals surface area (Å²) in [6.07, 6.45) is -0.0402. The SMILES string of the molecule is Cc1cc(C)c(CN2CC(C)c3ccc(OC(C)C)c(Cl)c3C2=O)c(=O)[nH]1. The minimum atomic E-state index is -0.165. The third-order valence-electron chi connectivity index (χ3n) is 4.87. The summed E-state index contributed by atoms with van der Waals surface area (Å²) in [6.45, 7) is 10.4. The molecule has 5 nitrogen and oxygen atoms in total. The molecule has 1 aliphatic rings. The van der Waals surface area contributed by atoms with Gasteiger partial charge in [-0.3, -0.25) is 9.59 Å². The summed E-state index contributed by atoms with van der Waals surface area (Å²) in [5.74, 6) is 0.465. The van der Waals surface area contributed by atoms with Crippen LogP contribution < -0.4 is 10.3 Å². The van der Waals surface area contributed by atoms with Crippen molar-refractivity contribution in [3.63, 3.8) is 0 Å². The van der Waals surface area contributed by atoms with Crippen LogP contribution >= 0.6 is 11.6 Å². The Morgan fingerprint density at radius 3 is 2.63 bits per heavy atom. The number of nitrogens with zero attached hydrogens (tertiary/aromatic N) is 1. The van der Waals surface area contributed by atoms with Crippen molar-refractivity contribution in [2.45, 2.75) is 53.2 Å². The van der Waals surface area contributed by atoms with Gasteiger partial charge in [-0.05, 0) is 56.9 Å². The predicted octanol–water partition coefficient (Wildman–Crippen LogP) is 4.19. The van der Waals surface area contributed by atoms with Crippen LogP contribution in [-0.4, -0.2) is 28.4 Å². The molecule has 2 aromatic rings. The van der Waals surface area contributed by atoms with Crippen LogP contribution in [0.1, 0.15) is 59.4 Å². The number of carbonyl (C=O) groups excluding carboxylic acids is 1. The Hall–Kier alpha value is -2.27. The lowest BCUT2D eigenvalue weighted by atomic mass is 9.90. The number of aromatic nitrogens is 1. The summed E-state index contributed by atoms with van der Waals surface area (Å²) in [5.41, 5.74) is 3.55. The van der Waals surface area contributed by atoms with Crippen LogP contribution in [0, 0.1) is 13.8 Å². The number of carbonyl (C=O) groups is 1. The molecule has 1 amide bonds. The van der Waals surface area contributed by atoms with Gasteiger partial charge in [-0.2, -0.15) is 0 Å². The molecule has 144 valence electrons. The maximum Gasteiger partial charge on any atom is 0.256 e. The molecule has 1 unspecified atom stereocenters. The first-order valence-corrected chi connectivity index (χ1v) is 9.54. The first kappa shape index (κ1) is 19.5. The van der Waals surface area contributed by atoms with E-state index in [0.717, 1.165) is 16.8 Å². The number of hydrogen-bond acceptors (Lipinski definition) is 3. The monoisotopic (exact) mass is 388 g/mol. The van der Waals surface area contributed by atoms with E-state index in [1.54, 1.807) is 4.90 Å². The highest BCUT2D eigenvalue weighted by molar-refractivity contribution is 6.35. The molecule has 3 rings (SSSR count). The van der Waals surface area contributed by atoms with Crippen molar-refractivity contribution >= 4 is 17.5 Å². The molecular weight excluding hydrogens is 364 g/mol. The second kappa shape index (κ2) is 7.39. The minimum absolute atomic E-state index is 0.0402. The molecular formula is C21H25ClN2O3. The number of nitrogens with one attached hydrogen (secondary N) is 1. The predicted molar refractivity (Wildman–Crippen MR) is 107 cm³/mol. The Kier molecular flexibility index (Phi) is 5.33. The van der Waals surface area contributed by atoms with Crippen LogP contribution in [0.5, 0.6) is 5.75 Å². The summed E-state index contributed by atoms with van der Waals surface area (Å²) < 4.78 is 5.74. The van der Waals surface area contributed by atoms with Gasteiger partial charge in [0.05, 0.1) is 23.2 Å². The van der Waals surface area contributed by atoms with Crippen molar-refractivity contribution in [3.05, 3.63) is 61.5 Å². The first-order chi connectivity index (χ1) is 12.7. The molecule has 27 heavy (non-hydrogen) atoms. The van der Waals surface area contributed by atoms with Crippen LogP contribution in [0.2, 0.25) is 5.02 Å². The van der Waals surface area contributed by atoms with Gasteiger partial charge in [0, 0.05) is 17.8 Å². The number of benzene rings is 1. The molecule has 0 radical (unpaired) electrons. The molecule has 0 saturated carbocycles. The molecule has 1 aromatic carbocycles. The summed E-state index contributed by atoms with van der Waals surface area (Å²) in [4.78, 5) is 30.1. The van der Waals surface area contributed by atoms with Gasteiger partial charge < -0.3 is 14.6 Å². The van der Waals surface area contributed by atoms with E-state index >= 15 is 0 Å². The number of aromatic amines is 1. The van der Waals surface area contributed by atoms with Gasteiger partial charge in [-0.25, -0.2) is 0 Å². The number of pyridine rings is 1. The Morgan fingerprint density at radius 2 is 2.00 bits per heavy atom. The number of rotatable bonds is 4. The fourth-order valence-electron chi connectivity index (χ4n) is 3.62. The third-order valence-corrected chi connectivity index (χ3v) is 5.25. The molecule has 1 N–H and O–H groups in total. The van der Waals surface area contributed by atoms with Crippen molar-refractivity contribution in [3.8, 4) is 5.75 Å². The highest BCUT2D eigenvalue weighted by Gasteiger charge is 2.33. The number of ether oxygens (including phenoxy) is 1. The van der Waals surface area contributed by atoms with Gasteiger partial charge >= 0.3 is 0 Å². The first-order valence-electron chi connectivity index (χ1n) is 9.16. The Balaban J connectivity index is 2.00. The number of hydrogen-bond donors (Lipinski definition) is 1. The molecule has 0 saturated heterocycles. The standard InChI is InChI=1S/C21H25ClN2O3/c1-11(2)27-17-7-6-15-13(4)9-24(21(26)18(15)19(17)22)10-16-12(3)8-14(5)23-20(16)25/h6-8,11,13H,9-10H2,1-5H3,(H,23,25). The van der Waals surface area contributed by atoms with Gasteiger partial charge in [0.25, 0.3) is 11.5 Å². The average Bonchev–Trinajstić information content (AvgIpc) is 2.56. The zero-order valence-corrected chi connectivity index (χ0v) is 17.1. The summed E-state index contributed by atoms with van der Waals surface area (Å²) in [7, 11) is 0. The molecule has 1 atom stereocenters. The van der Waals surface area contributed by atoms with E-state index in [9.17, 15) is 9.59 Å². The lowest BCUT2D eigenvalue weighted by molar-refractivity contribution is 0.0709. The molecule has 0 bridgehead atoms. The van der Waals surface area contributed by atoms with Gasteiger partial charge in [-0.1, -0.05) is 24.6 Å². The van der Waals surface area contributed by atoms with Crippen LogP contribution in [0.15, 0.2) is 23.0 Å². The number of fused-ring (bicyclic) bond motifs is 1. The highest BCUT2D eigenvalue weighted by Crippen LogP contribution is 2.38. The van der Waals surface area contributed by atoms with E-state index in [1.807, 2.05) is 45.9 Å². The second-order valence-electron chi connectivity index (χ2n) is 7.54. The Labute approximate surface area is 164 Å². The van der Waals surface area contributed by atoms with Crippen LogP contribution in [0.3, 0.4) is 0 Å². The van der Waals surface area contributed by atoms with Gasteiger partial charge in [-0.15, -0.1) is 0 Å². The third kappa shape index (κ3) is 3.74. The molecule has 0 aliphatic carbocycles. The van der Waals surface area contributed by atoms with Gasteiger partial charge in [0.15, 0.2) is 0 Å². The topological polar surface area (TPSA) is 62.4 Å². The van der Waals surface area contributed by atoms with E-state index in [0.29, 0.717) is 28.4 Å². The molecule has 1 aromatic heterocycles. The normalized spacial score (nSPS) is 16.6. The zero-order chi connectivity index (χ0) is 19.9. The van der Waals surface area contributed by atoms with E-state index in [1.165, 1.54) is 0 Å². The van der Waals surface area contributed by atoms with Gasteiger partial charge in [0.1, 0.15) is 5.75 Å². The van der Waals surface area contributed by atoms with Crippen LogP contribution in [0.25, 0.3) is 0 Å². The van der Waals surface area contributed by atoms with Crippen LogP contribution in [-0.2, 0) is 6.54 Å². The molecule has 0 fully saturated rings.